The van der Waals surface area contributed by atoms with Gasteiger partial charge in [0, 0.05) is 6.07 Å². The van der Waals surface area contributed by atoms with Gasteiger partial charge in [0.05, 0.1) is 22.7 Å². The third-order valence-electron chi connectivity index (χ3n) is 2.35. The van der Waals surface area contributed by atoms with Gasteiger partial charge in [0.2, 0.25) is 10.0 Å². The monoisotopic (exact) mass is 282 g/mol. The fraction of sp³-hybridized carbons (Fsp3) is 0.0909. The van der Waals surface area contributed by atoms with Crippen molar-refractivity contribution < 1.29 is 22.8 Å². The van der Waals surface area contributed by atoms with E-state index < -0.39 is 16.0 Å². The first-order valence-corrected chi connectivity index (χ1v) is 6.69. The predicted molar refractivity (Wildman–Crippen MR) is 63.9 cm³/mol. The maximum absolute atomic E-state index is 11.9. The Morgan fingerprint density at radius 1 is 1.26 bits per heavy atom. The minimum atomic E-state index is -3.70. The maximum atomic E-state index is 11.9. The molecular weight excluding hydrogens is 272 g/mol. The van der Waals surface area contributed by atoms with Gasteiger partial charge in [0.15, 0.2) is 0 Å². The van der Waals surface area contributed by atoms with Crippen LogP contribution in [-0.2, 0) is 16.6 Å². The first-order valence-electron chi connectivity index (χ1n) is 5.21. The lowest BCUT2D eigenvalue weighted by Gasteiger charge is -2.05. The molecule has 0 spiro atoms. The SMILES string of the molecule is O=C(O)c1ccc(S(=O)(=O)NCc2ccon2)cc1. The molecule has 2 aromatic rings. The van der Waals surface area contributed by atoms with Gasteiger partial charge >= 0.3 is 5.97 Å². The molecule has 1 aromatic heterocycles. The zero-order valence-electron chi connectivity index (χ0n) is 9.61. The van der Waals surface area contributed by atoms with Crippen molar-refractivity contribution in [2.45, 2.75) is 11.4 Å². The smallest absolute Gasteiger partial charge is 0.335 e. The third kappa shape index (κ3) is 3.18. The number of carboxylic acids is 1. The number of hydrogen-bond acceptors (Lipinski definition) is 5. The number of sulfonamides is 1. The fourth-order valence-corrected chi connectivity index (χ4v) is 2.36. The standard InChI is InChI=1S/C11H10N2O5S/c14-11(15)8-1-3-10(4-2-8)19(16,17)12-7-9-5-6-18-13-9/h1-6,12H,7H2,(H,14,15). The van der Waals surface area contributed by atoms with E-state index in [0.29, 0.717) is 5.69 Å². The minimum absolute atomic E-state index is 0.000481. The van der Waals surface area contributed by atoms with Crippen LogP contribution in [0.25, 0.3) is 0 Å². The number of nitrogens with zero attached hydrogens (tertiary/aromatic N) is 1. The largest absolute Gasteiger partial charge is 0.478 e. The molecule has 0 bridgehead atoms. The van der Waals surface area contributed by atoms with Crippen LogP contribution in [0.3, 0.4) is 0 Å². The number of carboxylic acid groups (broad SMARTS) is 1. The van der Waals surface area contributed by atoms with Crippen LogP contribution in [0.1, 0.15) is 16.1 Å². The van der Waals surface area contributed by atoms with Gasteiger partial charge in [-0.1, -0.05) is 5.16 Å². The molecule has 0 amide bonds. The van der Waals surface area contributed by atoms with Crippen LogP contribution in [0, 0.1) is 0 Å². The Balaban J connectivity index is 2.13. The first kappa shape index (κ1) is 13.2. The number of nitrogens with one attached hydrogen (secondary N) is 1. The Hall–Kier alpha value is -2.19. The van der Waals surface area contributed by atoms with E-state index in [1.165, 1.54) is 36.6 Å². The van der Waals surface area contributed by atoms with E-state index >= 15 is 0 Å². The molecule has 0 fully saturated rings. The summed E-state index contributed by atoms with van der Waals surface area (Å²) in [6.07, 6.45) is 1.34. The lowest BCUT2D eigenvalue weighted by Crippen LogP contribution is -2.23. The zero-order valence-corrected chi connectivity index (χ0v) is 10.4. The van der Waals surface area contributed by atoms with Gasteiger partial charge in [0.25, 0.3) is 0 Å². The quantitative estimate of drug-likeness (QED) is 0.841. The van der Waals surface area contributed by atoms with Crippen LogP contribution in [0.4, 0.5) is 0 Å². The Morgan fingerprint density at radius 2 is 1.95 bits per heavy atom. The molecule has 7 nitrogen and oxygen atoms in total. The molecule has 0 saturated heterocycles. The molecule has 0 atom stereocenters. The van der Waals surface area contributed by atoms with Crippen molar-refractivity contribution in [3.63, 3.8) is 0 Å². The number of aromatic carboxylic acids is 1. The van der Waals surface area contributed by atoms with Gasteiger partial charge in [-0.3, -0.25) is 0 Å². The van der Waals surface area contributed by atoms with Crippen LogP contribution in [0.2, 0.25) is 0 Å². The molecule has 100 valence electrons. The Labute approximate surface area is 108 Å². The maximum Gasteiger partial charge on any atom is 0.335 e. The van der Waals surface area contributed by atoms with Crippen LogP contribution >= 0.6 is 0 Å². The van der Waals surface area contributed by atoms with E-state index in [-0.39, 0.29) is 17.0 Å². The molecule has 0 aliphatic heterocycles. The summed E-state index contributed by atoms with van der Waals surface area (Å²) in [6.45, 7) is -0.000481. The van der Waals surface area contributed by atoms with Crippen molar-refractivity contribution in [1.82, 2.24) is 9.88 Å². The Bertz CT molecular complexity index is 662. The van der Waals surface area contributed by atoms with Crippen LogP contribution < -0.4 is 4.72 Å². The highest BCUT2D eigenvalue weighted by molar-refractivity contribution is 7.89. The number of hydrogen-bond donors (Lipinski definition) is 2. The second kappa shape index (κ2) is 5.21. The van der Waals surface area contributed by atoms with Crippen molar-refractivity contribution in [2.75, 3.05) is 0 Å². The lowest BCUT2D eigenvalue weighted by atomic mass is 10.2. The number of carbonyl (C=O) groups is 1. The average molecular weight is 282 g/mol. The van der Waals surface area contributed by atoms with Crippen molar-refractivity contribution in [1.29, 1.82) is 0 Å². The van der Waals surface area contributed by atoms with Gasteiger partial charge in [0.1, 0.15) is 6.26 Å². The molecule has 2 N–H and O–H groups in total. The first-order chi connectivity index (χ1) is 8.99. The molecule has 0 saturated carbocycles. The molecular formula is C11H10N2O5S. The normalized spacial score (nSPS) is 11.4. The highest BCUT2D eigenvalue weighted by Gasteiger charge is 2.15. The van der Waals surface area contributed by atoms with E-state index in [9.17, 15) is 13.2 Å². The minimum Gasteiger partial charge on any atom is -0.478 e. The van der Waals surface area contributed by atoms with E-state index in [1.807, 2.05) is 0 Å². The van der Waals surface area contributed by atoms with E-state index in [0.717, 1.165) is 0 Å². The van der Waals surface area contributed by atoms with Crippen LogP contribution in [-0.4, -0.2) is 24.7 Å². The third-order valence-corrected chi connectivity index (χ3v) is 3.76. The van der Waals surface area contributed by atoms with Crippen molar-refractivity contribution in [3.8, 4) is 0 Å². The summed E-state index contributed by atoms with van der Waals surface area (Å²) in [4.78, 5) is 10.6. The molecule has 0 aliphatic rings. The van der Waals surface area contributed by atoms with E-state index in [2.05, 4.69) is 14.4 Å². The summed E-state index contributed by atoms with van der Waals surface area (Å²) in [7, 11) is -3.70. The molecule has 19 heavy (non-hydrogen) atoms. The second-order valence-electron chi connectivity index (χ2n) is 3.64. The summed E-state index contributed by atoms with van der Waals surface area (Å²) in [5.41, 5.74) is 0.473. The van der Waals surface area contributed by atoms with Gasteiger partial charge < -0.3 is 9.63 Å². The molecule has 0 aliphatic carbocycles. The predicted octanol–water partition coefficient (Wildman–Crippen LogP) is 0.851. The van der Waals surface area contributed by atoms with Gasteiger partial charge in [-0.25, -0.2) is 17.9 Å². The molecule has 0 unspecified atom stereocenters. The zero-order chi connectivity index (χ0) is 13.9. The van der Waals surface area contributed by atoms with E-state index in [4.69, 9.17) is 5.11 Å². The van der Waals surface area contributed by atoms with Gasteiger partial charge in [-0.15, -0.1) is 0 Å². The number of aromatic nitrogens is 1. The number of rotatable bonds is 5. The second-order valence-corrected chi connectivity index (χ2v) is 5.41. The lowest BCUT2D eigenvalue weighted by molar-refractivity contribution is 0.0696. The van der Waals surface area contributed by atoms with Crippen molar-refractivity contribution in [2.24, 2.45) is 0 Å². The molecule has 1 aromatic carbocycles. The summed E-state index contributed by atoms with van der Waals surface area (Å²) >= 11 is 0. The van der Waals surface area contributed by atoms with Crippen molar-refractivity contribution >= 4 is 16.0 Å². The Kier molecular flexibility index (Phi) is 3.63. The summed E-state index contributed by atoms with van der Waals surface area (Å²) in [6, 6.07) is 6.46. The highest BCUT2D eigenvalue weighted by atomic mass is 32.2. The van der Waals surface area contributed by atoms with Crippen LogP contribution in [0.5, 0.6) is 0 Å². The molecule has 1 heterocycles. The van der Waals surface area contributed by atoms with E-state index in [1.54, 1.807) is 0 Å². The fourth-order valence-electron chi connectivity index (χ4n) is 1.36. The molecule has 2 rings (SSSR count). The number of benzene rings is 1. The van der Waals surface area contributed by atoms with Gasteiger partial charge in [-0.05, 0) is 24.3 Å². The summed E-state index contributed by atoms with van der Waals surface area (Å²) < 4.78 is 30.7. The van der Waals surface area contributed by atoms with Crippen molar-refractivity contribution in [3.05, 3.63) is 47.9 Å². The average Bonchev–Trinajstić information content (AvgIpc) is 2.90. The highest BCUT2D eigenvalue weighted by Crippen LogP contribution is 2.11. The molecule has 0 radical (unpaired) electrons. The summed E-state index contributed by atoms with van der Waals surface area (Å²) in [5.74, 6) is -1.11. The summed E-state index contributed by atoms with van der Waals surface area (Å²) in [5, 5.41) is 12.3. The Morgan fingerprint density at radius 3 is 2.47 bits per heavy atom. The topological polar surface area (TPSA) is 110 Å². The van der Waals surface area contributed by atoms with Gasteiger partial charge in [-0.2, -0.15) is 0 Å². The molecule has 8 heteroatoms. The van der Waals surface area contributed by atoms with Crippen LogP contribution in [0.15, 0.2) is 46.0 Å².